The molecule has 1 aromatic rings. The van der Waals surface area contributed by atoms with Crippen LogP contribution in [0.15, 0.2) is 35.3 Å². The fraction of sp³-hybridized carbons (Fsp3) is 0.500. The largest absolute Gasteiger partial charge is 0.494 e. The molecule has 106 valence electrons. The summed E-state index contributed by atoms with van der Waals surface area (Å²) in [6, 6.07) is 6.16. The van der Waals surface area contributed by atoms with E-state index in [4.69, 9.17) is 4.74 Å². The molecule has 0 atom stereocenters. The number of hydrogen-bond acceptors (Lipinski definition) is 2. The highest BCUT2D eigenvalue weighted by molar-refractivity contribution is 9.10. The molecule has 19 heavy (non-hydrogen) atoms. The Morgan fingerprint density at radius 3 is 2.89 bits per heavy atom. The molecule has 0 radical (unpaired) electrons. The molecule has 2 nitrogen and oxygen atoms in total. The van der Waals surface area contributed by atoms with Crippen molar-refractivity contribution in [1.29, 1.82) is 0 Å². The fourth-order valence-corrected chi connectivity index (χ4v) is 2.08. The van der Waals surface area contributed by atoms with Crippen LogP contribution < -0.4 is 10.1 Å². The SMILES string of the molecule is C=CCCCOc1ccc(Br)c(CNCC(C)C)c1. The summed E-state index contributed by atoms with van der Waals surface area (Å²) in [6.45, 7) is 10.8. The van der Waals surface area contributed by atoms with Crippen molar-refractivity contribution in [1.82, 2.24) is 5.32 Å². The standard InChI is InChI=1S/C16H24BrNO/c1-4-5-6-9-19-15-7-8-16(17)14(10-15)12-18-11-13(2)3/h4,7-8,10,13,18H,1,5-6,9,11-12H2,2-3H3. The van der Waals surface area contributed by atoms with Gasteiger partial charge in [-0.05, 0) is 49.1 Å². The molecule has 1 N–H and O–H groups in total. The van der Waals surface area contributed by atoms with Gasteiger partial charge in [-0.15, -0.1) is 6.58 Å². The smallest absolute Gasteiger partial charge is 0.119 e. The van der Waals surface area contributed by atoms with Gasteiger partial charge in [-0.3, -0.25) is 0 Å². The van der Waals surface area contributed by atoms with E-state index < -0.39 is 0 Å². The van der Waals surface area contributed by atoms with Gasteiger partial charge < -0.3 is 10.1 Å². The molecule has 0 aliphatic rings. The Labute approximate surface area is 125 Å². The van der Waals surface area contributed by atoms with Crippen molar-refractivity contribution in [2.24, 2.45) is 5.92 Å². The summed E-state index contributed by atoms with van der Waals surface area (Å²) in [4.78, 5) is 0. The van der Waals surface area contributed by atoms with Gasteiger partial charge in [0.05, 0.1) is 6.61 Å². The van der Waals surface area contributed by atoms with Gasteiger partial charge in [0, 0.05) is 11.0 Å². The second kappa shape index (κ2) is 9.16. The van der Waals surface area contributed by atoms with Crippen LogP contribution in [-0.4, -0.2) is 13.2 Å². The van der Waals surface area contributed by atoms with Crippen molar-refractivity contribution in [2.45, 2.75) is 33.2 Å². The molecule has 0 saturated carbocycles. The van der Waals surface area contributed by atoms with E-state index in [1.807, 2.05) is 12.1 Å². The van der Waals surface area contributed by atoms with Gasteiger partial charge in [0.2, 0.25) is 0 Å². The Hall–Kier alpha value is -0.800. The highest BCUT2D eigenvalue weighted by Gasteiger charge is 2.03. The molecule has 0 aliphatic carbocycles. The molecule has 0 fully saturated rings. The normalized spacial score (nSPS) is 10.7. The van der Waals surface area contributed by atoms with Crippen molar-refractivity contribution >= 4 is 15.9 Å². The van der Waals surface area contributed by atoms with E-state index in [-0.39, 0.29) is 0 Å². The van der Waals surface area contributed by atoms with E-state index in [1.54, 1.807) is 0 Å². The molecule has 3 heteroatoms. The van der Waals surface area contributed by atoms with Gasteiger partial charge in [0.15, 0.2) is 0 Å². The van der Waals surface area contributed by atoms with Crippen LogP contribution in [0.5, 0.6) is 5.75 Å². The van der Waals surface area contributed by atoms with Gasteiger partial charge in [-0.25, -0.2) is 0 Å². The zero-order valence-electron chi connectivity index (χ0n) is 11.9. The summed E-state index contributed by atoms with van der Waals surface area (Å²) in [6.07, 6.45) is 3.94. The molecule has 1 aromatic carbocycles. The van der Waals surface area contributed by atoms with Crippen LogP contribution in [0.25, 0.3) is 0 Å². The molecule has 1 rings (SSSR count). The van der Waals surface area contributed by atoms with Crippen molar-refractivity contribution in [3.8, 4) is 5.75 Å². The maximum absolute atomic E-state index is 5.73. The first-order valence-corrected chi connectivity index (χ1v) is 7.65. The molecule has 0 unspecified atom stereocenters. The van der Waals surface area contributed by atoms with E-state index in [0.29, 0.717) is 5.92 Å². The molecule has 0 saturated heterocycles. The van der Waals surface area contributed by atoms with Gasteiger partial charge in [-0.2, -0.15) is 0 Å². The first-order valence-electron chi connectivity index (χ1n) is 6.86. The van der Waals surface area contributed by atoms with Crippen molar-refractivity contribution in [3.63, 3.8) is 0 Å². The quantitative estimate of drug-likeness (QED) is 0.531. The topological polar surface area (TPSA) is 21.3 Å². The maximum Gasteiger partial charge on any atom is 0.119 e. The van der Waals surface area contributed by atoms with Gasteiger partial charge >= 0.3 is 0 Å². The van der Waals surface area contributed by atoms with Gasteiger partial charge in [0.1, 0.15) is 5.75 Å². The molecular weight excluding hydrogens is 302 g/mol. The molecule has 0 bridgehead atoms. The van der Waals surface area contributed by atoms with Crippen LogP contribution in [0, 0.1) is 5.92 Å². The second-order valence-corrected chi connectivity index (χ2v) is 5.91. The Bertz CT molecular complexity index is 390. The van der Waals surface area contributed by atoms with Crippen LogP contribution in [0.2, 0.25) is 0 Å². The van der Waals surface area contributed by atoms with E-state index in [1.165, 1.54) is 5.56 Å². The third-order valence-corrected chi connectivity index (χ3v) is 3.48. The highest BCUT2D eigenvalue weighted by atomic mass is 79.9. The zero-order chi connectivity index (χ0) is 14.1. The Morgan fingerprint density at radius 1 is 1.42 bits per heavy atom. The third kappa shape index (κ3) is 6.79. The molecule has 0 aromatic heterocycles. The Balaban J connectivity index is 2.48. The summed E-state index contributed by atoms with van der Waals surface area (Å²) in [7, 11) is 0. The lowest BCUT2D eigenvalue weighted by molar-refractivity contribution is 0.311. The maximum atomic E-state index is 5.73. The predicted molar refractivity (Wildman–Crippen MR) is 85.6 cm³/mol. The van der Waals surface area contributed by atoms with Crippen LogP contribution in [0.1, 0.15) is 32.3 Å². The van der Waals surface area contributed by atoms with Crippen LogP contribution >= 0.6 is 15.9 Å². The number of rotatable bonds is 9. The van der Waals surface area contributed by atoms with Crippen molar-refractivity contribution < 1.29 is 4.74 Å². The van der Waals surface area contributed by atoms with E-state index in [2.05, 4.69) is 53.8 Å². The minimum absolute atomic E-state index is 0.664. The number of benzene rings is 1. The molecule has 0 spiro atoms. The number of ether oxygens (including phenoxy) is 1. The summed E-state index contributed by atoms with van der Waals surface area (Å²) >= 11 is 3.58. The Morgan fingerprint density at radius 2 is 2.21 bits per heavy atom. The monoisotopic (exact) mass is 325 g/mol. The molecule has 0 aliphatic heterocycles. The second-order valence-electron chi connectivity index (χ2n) is 5.06. The highest BCUT2D eigenvalue weighted by Crippen LogP contribution is 2.22. The lowest BCUT2D eigenvalue weighted by Gasteiger charge is -2.11. The van der Waals surface area contributed by atoms with Crippen LogP contribution in [0.4, 0.5) is 0 Å². The summed E-state index contributed by atoms with van der Waals surface area (Å²) < 4.78 is 6.86. The first-order chi connectivity index (χ1) is 9.13. The van der Waals surface area contributed by atoms with E-state index in [9.17, 15) is 0 Å². The lowest BCUT2D eigenvalue weighted by Crippen LogP contribution is -2.19. The molecular formula is C16H24BrNO. The average Bonchev–Trinajstić information content (AvgIpc) is 2.37. The van der Waals surface area contributed by atoms with Crippen LogP contribution in [-0.2, 0) is 6.54 Å². The van der Waals surface area contributed by atoms with Crippen molar-refractivity contribution in [3.05, 3.63) is 40.9 Å². The number of hydrogen-bond donors (Lipinski definition) is 1. The number of nitrogens with one attached hydrogen (secondary N) is 1. The Kier molecular flexibility index (Phi) is 7.84. The molecule has 0 heterocycles. The fourth-order valence-electron chi connectivity index (χ4n) is 1.69. The van der Waals surface area contributed by atoms with E-state index in [0.717, 1.165) is 42.8 Å². The minimum atomic E-state index is 0.664. The summed E-state index contributed by atoms with van der Waals surface area (Å²) in [5, 5.41) is 3.45. The molecule has 0 amide bonds. The first kappa shape index (κ1) is 16.3. The third-order valence-electron chi connectivity index (χ3n) is 2.71. The number of halogens is 1. The van der Waals surface area contributed by atoms with E-state index >= 15 is 0 Å². The number of allylic oxidation sites excluding steroid dienone is 1. The number of unbranched alkanes of at least 4 members (excludes halogenated alkanes) is 1. The van der Waals surface area contributed by atoms with Crippen LogP contribution in [0.3, 0.4) is 0 Å². The lowest BCUT2D eigenvalue weighted by atomic mass is 10.2. The van der Waals surface area contributed by atoms with Gasteiger partial charge in [-0.1, -0.05) is 35.9 Å². The average molecular weight is 326 g/mol. The van der Waals surface area contributed by atoms with Crippen molar-refractivity contribution in [2.75, 3.05) is 13.2 Å². The minimum Gasteiger partial charge on any atom is -0.494 e. The summed E-state index contributed by atoms with van der Waals surface area (Å²) in [5.74, 6) is 1.60. The predicted octanol–water partition coefficient (Wildman–Crippen LogP) is 4.54. The van der Waals surface area contributed by atoms with Gasteiger partial charge in [0.25, 0.3) is 0 Å². The zero-order valence-corrected chi connectivity index (χ0v) is 13.5. The summed E-state index contributed by atoms with van der Waals surface area (Å²) in [5.41, 5.74) is 1.24.